The highest BCUT2D eigenvalue weighted by atomic mass is 35.5. The van der Waals surface area contributed by atoms with Crippen LogP contribution in [0, 0.1) is 0 Å². The van der Waals surface area contributed by atoms with Gasteiger partial charge in [0.25, 0.3) is 0 Å². The lowest BCUT2D eigenvalue weighted by atomic mass is 10.0. The normalized spacial score (nSPS) is 14.8. The van der Waals surface area contributed by atoms with Gasteiger partial charge in [-0.1, -0.05) is 35.9 Å². The summed E-state index contributed by atoms with van der Waals surface area (Å²) in [6, 6.07) is 14.4. The van der Waals surface area contributed by atoms with Crippen LogP contribution in [-0.2, 0) is 19.4 Å². The number of benzene rings is 2. The van der Waals surface area contributed by atoms with Crippen molar-refractivity contribution in [1.82, 2.24) is 0 Å². The molecule has 3 rings (SSSR count). The number of hydrogen-bond acceptors (Lipinski definition) is 2. The highest BCUT2D eigenvalue weighted by molar-refractivity contribution is 6.30. The summed E-state index contributed by atoms with van der Waals surface area (Å²) in [7, 11) is 0. The van der Waals surface area contributed by atoms with Crippen LogP contribution < -0.4 is 4.90 Å². The summed E-state index contributed by atoms with van der Waals surface area (Å²) in [5.74, 6) is 0. The number of rotatable bonds is 2. The van der Waals surface area contributed by atoms with Crippen molar-refractivity contribution in [2.75, 3.05) is 18.0 Å². The Hall–Kier alpha value is -1.51. The average molecular weight is 288 g/mol. The van der Waals surface area contributed by atoms with E-state index < -0.39 is 0 Å². The van der Waals surface area contributed by atoms with Crippen molar-refractivity contribution in [2.45, 2.75) is 19.4 Å². The van der Waals surface area contributed by atoms with E-state index in [-0.39, 0.29) is 6.61 Å². The highest BCUT2D eigenvalue weighted by Crippen LogP contribution is 2.27. The van der Waals surface area contributed by atoms with Gasteiger partial charge >= 0.3 is 0 Å². The summed E-state index contributed by atoms with van der Waals surface area (Å²) in [4.78, 5) is 2.35. The number of fused-ring (bicyclic) bond motifs is 1. The maximum Gasteiger partial charge on any atom is 0.0702 e. The van der Waals surface area contributed by atoms with Crippen LogP contribution in [0.25, 0.3) is 0 Å². The lowest BCUT2D eigenvalue weighted by Gasteiger charge is -2.25. The first-order valence-corrected chi connectivity index (χ1v) is 7.37. The third kappa shape index (κ3) is 2.67. The molecule has 0 atom stereocenters. The molecule has 1 aliphatic rings. The fraction of sp³-hybridized carbons (Fsp3) is 0.294. The van der Waals surface area contributed by atoms with Crippen molar-refractivity contribution in [1.29, 1.82) is 0 Å². The van der Waals surface area contributed by atoms with Crippen molar-refractivity contribution in [3.05, 3.63) is 64.2 Å². The van der Waals surface area contributed by atoms with E-state index in [2.05, 4.69) is 29.2 Å². The Bertz CT molecular complexity index is 585. The number of nitrogens with zero attached hydrogens (tertiary/aromatic N) is 1. The molecular weight excluding hydrogens is 270 g/mol. The molecule has 0 aromatic heterocycles. The monoisotopic (exact) mass is 287 g/mol. The Morgan fingerprint density at radius 3 is 2.25 bits per heavy atom. The summed E-state index contributed by atoms with van der Waals surface area (Å²) < 4.78 is 0. The number of halogens is 1. The minimum atomic E-state index is 0.0271. The molecule has 0 bridgehead atoms. The second kappa shape index (κ2) is 5.86. The summed E-state index contributed by atoms with van der Waals surface area (Å²) in [6.45, 7) is 1.98. The molecule has 2 aromatic carbocycles. The van der Waals surface area contributed by atoms with Gasteiger partial charge in [-0.2, -0.15) is 0 Å². The zero-order valence-electron chi connectivity index (χ0n) is 11.3. The molecule has 20 heavy (non-hydrogen) atoms. The van der Waals surface area contributed by atoms with Gasteiger partial charge in [-0.3, -0.25) is 0 Å². The van der Waals surface area contributed by atoms with Crippen LogP contribution >= 0.6 is 11.6 Å². The lowest BCUT2D eigenvalue weighted by molar-refractivity contribution is 0.282. The van der Waals surface area contributed by atoms with Crippen molar-refractivity contribution >= 4 is 17.3 Å². The number of hydrogen-bond donors (Lipinski definition) is 1. The average Bonchev–Trinajstić information content (AvgIpc) is 2.70. The molecule has 2 aromatic rings. The Kier molecular flexibility index (Phi) is 3.95. The first-order chi connectivity index (χ1) is 9.78. The standard InChI is InChI=1S/C17H18ClNO/c18-16-5-6-17(15(11-16)12-20)19-9-7-13-3-1-2-4-14(13)8-10-19/h1-6,11,20H,7-10,12H2. The van der Waals surface area contributed by atoms with Crippen molar-refractivity contribution < 1.29 is 5.11 Å². The fourth-order valence-corrected chi connectivity index (χ4v) is 3.09. The second-order valence-corrected chi connectivity index (χ2v) is 5.62. The third-order valence-corrected chi connectivity index (χ3v) is 4.21. The van der Waals surface area contributed by atoms with Crippen LogP contribution in [0.2, 0.25) is 5.02 Å². The van der Waals surface area contributed by atoms with Crippen LogP contribution in [0.5, 0.6) is 0 Å². The minimum absolute atomic E-state index is 0.0271. The van der Waals surface area contributed by atoms with E-state index >= 15 is 0 Å². The van der Waals surface area contributed by atoms with Crippen molar-refractivity contribution in [2.24, 2.45) is 0 Å². The maximum atomic E-state index is 9.53. The van der Waals surface area contributed by atoms with Gasteiger partial charge < -0.3 is 10.0 Å². The fourth-order valence-electron chi connectivity index (χ4n) is 2.90. The van der Waals surface area contributed by atoms with E-state index in [0.29, 0.717) is 5.02 Å². The van der Waals surface area contributed by atoms with Gasteiger partial charge in [0, 0.05) is 29.4 Å². The van der Waals surface area contributed by atoms with Crippen LogP contribution in [0.3, 0.4) is 0 Å². The molecule has 0 unspecified atom stereocenters. The topological polar surface area (TPSA) is 23.5 Å². The van der Waals surface area contributed by atoms with Crippen LogP contribution in [-0.4, -0.2) is 18.2 Å². The van der Waals surface area contributed by atoms with E-state index in [1.165, 1.54) is 11.1 Å². The minimum Gasteiger partial charge on any atom is -0.392 e. The molecule has 0 aliphatic carbocycles. The Labute approximate surface area is 124 Å². The predicted octanol–water partition coefficient (Wildman–Crippen LogP) is 3.44. The first-order valence-electron chi connectivity index (χ1n) is 6.99. The molecule has 0 fully saturated rings. The second-order valence-electron chi connectivity index (χ2n) is 5.19. The lowest BCUT2D eigenvalue weighted by Crippen LogP contribution is -2.27. The van der Waals surface area contributed by atoms with Crippen LogP contribution in [0.1, 0.15) is 16.7 Å². The van der Waals surface area contributed by atoms with Gasteiger partial charge in [-0.15, -0.1) is 0 Å². The van der Waals surface area contributed by atoms with Crippen LogP contribution in [0.15, 0.2) is 42.5 Å². The Morgan fingerprint density at radius 1 is 1.00 bits per heavy atom. The van der Waals surface area contributed by atoms with Gasteiger partial charge in [0.05, 0.1) is 6.61 Å². The largest absolute Gasteiger partial charge is 0.392 e. The number of aliphatic hydroxyl groups is 1. The van der Waals surface area contributed by atoms with E-state index in [1.807, 2.05) is 18.2 Å². The van der Waals surface area contributed by atoms with Gasteiger partial charge in [-0.05, 0) is 42.2 Å². The third-order valence-electron chi connectivity index (χ3n) is 3.97. The highest BCUT2D eigenvalue weighted by Gasteiger charge is 2.16. The van der Waals surface area contributed by atoms with Gasteiger partial charge in [0.15, 0.2) is 0 Å². The summed E-state index contributed by atoms with van der Waals surface area (Å²) in [5, 5.41) is 10.2. The van der Waals surface area contributed by atoms with Crippen molar-refractivity contribution in [3.8, 4) is 0 Å². The Balaban J connectivity index is 1.87. The Morgan fingerprint density at radius 2 is 1.65 bits per heavy atom. The summed E-state index contributed by atoms with van der Waals surface area (Å²) in [6.07, 6.45) is 2.09. The van der Waals surface area contributed by atoms with Crippen LogP contribution in [0.4, 0.5) is 5.69 Å². The molecule has 1 heterocycles. The zero-order chi connectivity index (χ0) is 13.9. The SMILES string of the molecule is OCc1cc(Cl)ccc1N1CCc2ccccc2CC1. The maximum absolute atomic E-state index is 9.53. The molecule has 0 amide bonds. The summed E-state index contributed by atoms with van der Waals surface area (Å²) >= 11 is 6.01. The zero-order valence-corrected chi connectivity index (χ0v) is 12.1. The van der Waals surface area contributed by atoms with Gasteiger partial charge in [0.2, 0.25) is 0 Å². The first kappa shape index (κ1) is 13.5. The number of aliphatic hydroxyl groups excluding tert-OH is 1. The smallest absolute Gasteiger partial charge is 0.0702 e. The molecule has 2 nitrogen and oxygen atoms in total. The van der Waals surface area contributed by atoms with Gasteiger partial charge in [-0.25, -0.2) is 0 Å². The van der Waals surface area contributed by atoms with E-state index in [1.54, 1.807) is 0 Å². The molecule has 0 radical (unpaired) electrons. The summed E-state index contributed by atoms with van der Waals surface area (Å²) in [5.41, 5.74) is 4.89. The quantitative estimate of drug-likeness (QED) is 0.915. The molecular formula is C17H18ClNO. The van der Waals surface area contributed by atoms with E-state index in [4.69, 9.17) is 11.6 Å². The van der Waals surface area contributed by atoms with E-state index in [0.717, 1.165) is 37.2 Å². The molecule has 0 saturated carbocycles. The molecule has 0 saturated heterocycles. The molecule has 104 valence electrons. The van der Waals surface area contributed by atoms with Crippen molar-refractivity contribution in [3.63, 3.8) is 0 Å². The van der Waals surface area contributed by atoms with Gasteiger partial charge in [0.1, 0.15) is 0 Å². The number of anilines is 1. The van der Waals surface area contributed by atoms with E-state index in [9.17, 15) is 5.11 Å². The molecule has 3 heteroatoms. The molecule has 1 aliphatic heterocycles. The molecule has 0 spiro atoms. The predicted molar refractivity (Wildman–Crippen MR) is 83.4 cm³/mol. The molecule has 1 N–H and O–H groups in total.